The van der Waals surface area contributed by atoms with Gasteiger partial charge in [0.15, 0.2) is 0 Å². The van der Waals surface area contributed by atoms with Gasteiger partial charge in [0.1, 0.15) is 12.4 Å². The quantitative estimate of drug-likeness (QED) is 0.536. The zero-order valence-electron chi connectivity index (χ0n) is 19.1. The Kier molecular flexibility index (Phi) is 5.91. The number of likely N-dealkylation sites (N-methyl/N-ethyl adjacent to an activating group) is 1. The van der Waals surface area contributed by atoms with Crippen LogP contribution in [0.4, 0.5) is 17.1 Å². The highest BCUT2D eigenvalue weighted by Gasteiger charge is 2.29. The molecule has 1 amide bonds. The van der Waals surface area contributed by atoms with Gasteiger partial charge in [-0.3, -0.25) is 9.10 Å². The number of amides is 1. The largest absolute Gasteiger partial charge is 0.490 e. The summed E-state index contributed by atoms with van der Waals surface area (Å²) < 4.78 is 35.1. The van der Waals surface area contributed by atoms with Crippen molar-refractivity contribution in [1.82, 2.24) is 0 Å². The summed E-state index contributed by atoms with van der Waals surface area (Å²) in [4.78, 5) is 16.2. The third-order valence-corrected chi connectivity index (χ3v) is 8.06. The number of hydrogen-bond acceptors (Lipinski definition) is 5. The van der Waals surface area contributed by atoms with Crippen molar-refractivity contribution in [2.45, 2.75) is 24.3 Å². The van der Waals surface area contributed by atoms with Crippen molar-refractivity contribution in [2.75, 3.05) is 40.8 Å². The molecule has 1 fully saturated rings. The van der Waals surface area contributed by atoms with E-state index in [-0.39, 0.29) is 17.3 Å². The summed E-state index contributed by atoms with van der Waals surface area (Å²) in [6.45, 7) is 2.07. The van der Waals surface area contributed by atoms with Crippen LogP contribution in [0.15, 0.2) is 77.7 Å². The number of nitrogens with zero attached hydrogens (tertiary/aromatic N) is 3. The fraction of sp³-hybridized carbons (Fsp3) is 0.269. The highest BCUT2D eigenvalue weighted by atomic mass is 32.2. The van der Waals surface area contributed by atoms with Crippen LogP contribution in [0.2, 0.25) is 0 Å². The van der Waals surface area contributed by atoms with Crippen molar-refractivity contribution < 1.29 is 17.9 Å². The molecule has 3 aromatic carbocycles. The smallest absolute Gasteiger partial charge is 0.264 e. The van der Waals surface area contributed by atoms with E-state index in [9.17, 15) is 13.2 Å². The average Bonchev–Trinajstić information content (AvgIpc) is 3.29. The number of fused-ring (bicyclic) bond motifs is 1. The number of anilines is 3. The molecule has 34 heavy (non-hydrogen) atoms. The van der Waals surface area contributed by atoms with Crippen LogP contribution in [-0.4, -0.2) is 41.1 Å². The fourth-order valence-corrected chi connectivity index (χ4v) is 5.89. The van der Waals surface area contributed by atoms with E-state index in [1.54, 1.807) is 41.3 Å². The van der Waals surface area contributed by atoms with Gasteiger partial charge in [0, 0.05) is 31.8 Å². The second-order valence-corrected chi connectivity index (χ2v) is 10.4. The van der Waals surface area contributed by atoms with E-state index >= 15 is 0 Å². The molecule has 7 nitrogen and oxygen atoms in total. The summed E-state index contributed by atoms with van der Waals surface area (Å²) >= 11 is 0. The van der Waals surface area contributed by atoms with E-state index in [1.165, 1.54) is 4.31 Å². The Hall–Kier alpha value is -3.52. The molecule has 0 atom stereocenters. The van der Waals surface area contributed by atoms with Gasteiger partial charge in [0.2, 0.25) is 5.91 Å². The molecule has 2 aliphatic heterocycles. The molecule has 3 aromatic rings. The van der Waals surface area contributed by atoms with Gasteiger partial charge in [-0.2, -0.15) is 0 Å². The molecule has 0 radical (unpaired) electrons. The minimum atomic E-state index is -3.93. The molecule has 2 aliphatic rings. The van der Waals surface area contributed by atoms with Crippen molar-refractivity contribution in [3.8, 4) is 5.75 Å². The number of ether oxygens (including phenoxy) is 1. The molecule has 0 bridgehead atoms. The highest BCUT2D eigenvalue weighted by molar-refractivity contribution is 7.92. The molecule has 176 valence electrons. The number of benzene rings is 3. The van der Waals surface area contributed by atoms with Gasteiger partial charge >= 0.3 is 0 Å². The van der Waals surface area contributed by atoms with Gasteiger partial charge in [0.25, 0.3) is 10.0 Å². The number of hydrogen-bond donors (Lipinski definition) is 0. The summed E-state index contributed by atoms with van der Waals surface area (Å²) in [5, 5.41) is 0. The Morgan fingerprint density at radius 1 is 0.971 bits per heavy atom. The lowest BCUT2D eigenvalue weighted by atomic mass is 10.2. The Bertz CT molecular complexity index is 1310. The monoisotopic (exact) mass is 477 g/mol. The lowest BCUT2D eigenvalue weighted by molar-refractivity contribution is -0.117. The Labute approximate surface area is 200 Å². The van der Waals surface area contributed by atoms with E-state index in [0.29, 0.717) is 36.7 Å². The fourth-order valence-electron chi connectivity index (χ4n) is 4.43. The lowest BCUT2D eigenvalue weighted by Gasteiger charge is -2.29. The molecule has 0 spiro atoms. The highest BCUT2D eigenvalue weighted by Crippen LogP contribution is 2.36. The van der Waals surface area contributed by atoms with Crippen LogP contribution in [0.5, 0.6) is 5.75 Å². The second kappa shape index (κ2) is 9.02. The van der Waals surface area contributed by atoms with Gasteiger partial charge < -0.3 is 14.5 Å². The summed E-state index contributed by atoms with van der Waals surface area (Å²) in [5.74, 6) is 0.622. The maximum atomic E-state index is 14.0. The van der Waals surface area contributed by atoms with Crippen molar-refractivity contribution in [2.24, 2.45) is 0 Å². The average molecular weight is 478 g/mol. The minimum Gasteiger partial charge on any atom is -0.490 e. The van der Waals surface area contributed by atoms with Gasteiger partial charge in [-0.1, -0.05) is 36.4 Å². The lowest BCUT2D eigenvalue weighted by Crippen LogP contribution is -2.32. The summed E-state index contributed by atoms with van der Waals surface area (Å²) in [5.41, 5.74) is 2.96. The molecule has 5 rings (SSSR count). The van der Waals surface area contributed by atoms with Gasteiger partial charge in [-0.05, 0) is 42.3 Å². The zero-order valence-corrected chi connectivity index (χ0v) is 19.9. The Balaban J connectivity index is 1.57. The normalized spacial score (nSPS) is 15.7. The van der Waals surface area contributed by atoms with Crippen molar-refractivity contribution in [3.63, 3.8) is 0 Å². The molecule has 8 heteroatoms. The van der Waals surface area contributed by atoms with Crippen LogP contribution in [0, 0.1) is 0 Å². The van der Waals surface area contributed by atoms with Crippen molar-refractivity contribution >= 4 is 33.0 Å². The second-order valence-electron chi connectivity index (χ2n) is 8.57. The first-order valence-corrected chi connectivity index (χ1v) is 12.8. The van der Waals surface area contributed by atoms with E-state index in [1.807, 2.05) is 48.3 Å². The van der Waals surface area contributed by atoms with E-state index in [4.69, 9.17) is 4.74 Å². The molecule has 1 saturated heterocycles. The number of sulfonamides is 1. The van der Waals surface area contributed by atoms with Crippen LogP contribution < -0.4 is 18.8 Å². The Morgan fingerprint density at radius 3 is 2.56 bits per heavy atom. The third-order valence-electron chi connectivity index (χ3n) is 6.29. The van der Waals surface area contributed by atoms with Crippen LogP contribution >= 0.6 is 0 Å². The summed E-state index contributed by atoms with van der Waals surface area (Å²) in [7, 11) is -1.97. The Morgan fingerprint density at radius 2 is 1.79 bits per heavy atom. The maximum absolute atomic E-state index is 14.0. The summed E-state index contributed by atoms with van der Waals surface area (Å²) in [6, 6.07) is 21.7. The molecule has 0 unspecified atom stereocenters. The molecular weight excluding hydrogens is 450 g/mol. The van der Waals surface area contributed by atoms with Gasteiger partial charge in [0.05, 0.1) is 29.4 Å². The van der Waals surface area contributed by atoms with Crippen molar-refractivity contribution in [3.05, 3.63) is 78.4 Å². The van der Waals surface area contributed by atoms with Gasteiger partial charge in [-0.25, -0.2) is 8.42 Å². The first kappa shape index (κ1) is 22.3. The first-order valence-electron chi connectivity index (χ1n) is 11.4. The molecule has 0 aliphatic carbocycles. The topological polar surface area (TPSA) is 70.2 Å². The van der Waals surface area contributed by atoms with Crippen LogP contribution in [0.25, 0.3) is 0 Å². The molecule has 0 aromatic heterocycles. The molecule has 0 saturated carbocycles. The van der Waals surface area contributed by atoms with E-state index in [0.717, 1.165) is 24.2 Å². The molecule has 0 N–H and O–H groups in total. The predicted molar refractivity (Wildman–Crippen MR) is 133 cm³/mol. The third kappa shape index (κ3) is 4.21. The standard InChI is InChI=1S/C26H27N3O4S/c1-27-15-16-33-25-18-23(12-13-24(25)27)34(31,32)29(19-20-7-3-2-4-8-20)22-10-5-9-21(17-22)28-14-6-11-26(28)30/h2-5,7-10,12-13,17-18H,6,11,14-16,19H2,1H3. The van der Waals surface area contributed by atoms with E-state index < -0.39 is 10.0 Å². The number of carbonyl (C=O) groups is 1. The summed E-state index contributed by atoms with van der Waals surface area (Å²) in [6.07, 6.45) is 1.32. The first-order chi connectivity index (χ1) is 16.4. The minimum absolute atomic E-state index is 0.0607. The van der Waals surface area contributed by atoms with E-state index in [2.05, 4.69) is 0 Å². The molecular formula is C26H27N3O4S. The molecule has 2 heterocycles. The maximum Gasteiger partial charge on any atom is 0.264 e. The SMILES string of the molecule is CN1CCOc2cc(S(=O)(=O)N(Cc3ccccc3)c3cccc(N4CCCC4=O)c3)ccc21. The van der Waals surface area contributed by atoms with Gasteiger partial charge in [-0.15, -0.1) is 0 Å². The predicted octanol–water partition coefficient (Wildman–Crippen LogP) is 4.04. The van der Waals surface area contributed by atoms with Crippen LogP contribution in [0.3, 0.4) is 0 Å². The van der Waals surface area contributed by atoms with Crippen molar-refractivity contribution in [1.29, 1.82) is 0 Å². The zero-order chi connectivity index (χ0) is 23.7. The van der Waals surface area contributed by atoms with Crippen LogP contribution in [-0.2, 0) is 21.4 Å². The van der Waals surface area contributed by atoms with Crippen LogP contribution in [0.1, 0.15) is 18.4 Å². The number of rotatable bonds is 6. The number of carbonyl (C=O) groups excluding carboxylic acids is 1.